The van der Waals surface area contributed by atoms with Gasteiger partial charge in [-0.05, 0) is 110 Å². The van der Waals surface area contributed by atoms with E-state index >= 15 is 0 Å². The molecule has 1 aromatic heterocycles. The molecular weight excluding hydrogens is 443 g/mol. The summed E-state index contributed by atoms with van der Waals surface area (Å²) in [5.41, 5.74) is 3.64. The van der Waals surface area contributed by atoms with Gasteiger partial charge in [0.1, 0.15) is 11.9 Å². The molecule has 0 radical (unpaired) electrons. The molecule has 35 heavy (non-hydrogen) atoms. The summed E-state index contributed by atoms with van der Waals surface area (Å²) in [6.45, 7) is 6.36. The fourth-order valence-corrected chi connectivity index (χ4v) is 8.82. The standard InChI is InChI=1S/C29H35FN2O3/c1-16(33)35-20-10-12-28(2)18(14-20)6-9-21-23(28)11-13-29(3)24(21)15-22-25(31-27(34)32-26(22)29)17-4-7-19(30)8-5-17/h4-5,7-8,18,20-21,23-24H,6,9-15H2,1-3H3,(H,31,32,34)/t18-,20-,21+,23-,24-,28-,29-/m0/s1. The summed E-state index contributed by atoms with van der Waals surface area (Å²) >= 11 is 0. The lowest BCUT2D eigenvalue weighted by atomic mass is 9.45. The average molecular weight is 479 g/mol. The molecule has 6 rings (SSSR count). The topological polar surface area (TPSA) is 72.1 Å². The molecule has 4 aliphatic rings. The summed E-state index contributed by atoms with van der Waals surface area (Å²) < 4.78 is 19.2. The minimum absolute atomic E-state index is 0.0640. The van der Waals surface area contributed by atoms with Gasteiger partial charge in [-0.1, -0.05) is 13.8 Å². The lowest BCUT2D eigenvalue weighted by Gasteiger charge is -2.60. The first-order chi connectivity index (χ1) is 16.7. The van der Waals surface area contributed by atoms with Crippen molar-refractivity contribution in [3.05, 3.63) is 51.8 Å². The second-order valence-corrected chi connectivity index (χ2v) is 12.1. The SMILES string of the molecule is CC(=O)O[C@H]1CC[C@@]2(C)[C@@H](CC[C@@H]3[C@@H]2CC[C@]2(C)c4[nH]c(=O)nc(-c5ccc(F)cc5)c4C[C@@H]32)C1. The van der Waals surface area contributed by atoms with Crippen molar-refractivity contribution in [2.75, 3.05) is 0 Å². The number of rotatable bonds is 2. The molecule has 2 aromatic rings. The summed E-state index contributed by atoms with van der Waals surface area (Å²) in [6.07, 6.45) is 8.65. The maximum atomic E-state index is 13.6. The van der Waals surface area contributed by atoms with Crippen LogP contribution in [0, 0.1) is 34.9 Å². The maximum absolute atomic E-state index is 13.6. The molecule has 0 saturated heterocycles. The average Bonchev–Trinajstić information content (AvgIpc) is 3.11. The highest BCUT2D eigenvalue weighted by atomic mass is 19.1. The number of H-pyrrole nitrogens is 1. The van der Waals surface area contributed by atoms with Gasteiger partial charge in [0.25, 0.3) is 0 Å². The van der Waals surface area contributed by atoms with Gasteiger partial charge >= 0.3 is 11.7 Å². The van der Waals surface area contributed by atoms with E-state index < -0.39 is 0 Å². The number of nitrogens with one attached hydrogen (secondary N) is 1. The number of esters is 1. The molecule has 1 aromatic carbocycles. The van der Waals surface area contributed by atoms with Gasteiger partial charge in [-0.3, -0.25) is 4.79 Å². The van der Waals surface area contributed by atoms with Crippen LogP contribution in [0.2, 0.25) is 0 Å². The highest BCUT2D eigenvalue weighted by Crippen LogP contribution is 2.65. The Hall–Kier alpha value is -2.50. The number of hydrogen-bond donors (Lipinski definition) is 1. The quantitative estimate of drug-likeness (QED) is 0.573. The number of ether oxygens (including phenoxy) is 1. The molecule has 1 N–H and O–H groups in total. The second kappa shape index (κ2) is 8.01. The molecule has 5 nitrogen and oxygen atoms in total. The minimum Gasteiger partial charge on any atom is -0.463 e. The lowest BCUT2D eigenvalue weighted by Crippen LogP contribution is -2.54. The fraction of sp³-hybridized carbons (Fsp3) is 0.621. The van der Waals surface area contributed by atoms with Crippen LogP contribution in [0.15, 0.2) is 29.1 Å². The largest absolute Gasteiger partial charge is 0.463 e. The van der Waals surface area contributed by atoms with Gasteiger partial charge in [0.15, 0.2) is 0 Å². The molecule has 0 bridgehead atoms. The van der Waals surface area contributed by atoms with E-state index in [1.165, 1.54) is 38.3 Å². The van der Waals surface area contributed by atoms with E-state index in [0.29, 0.717) is 23.7 Å². The molecule has 186 valence electrons. The summed E-state index contributed by atoms with van der Waals surface area (Å²) in [5, 5.41) is 0. The first kappa shape index (κ1) is 22.9. The van der Waals surface area contributed by atoms with Crippen LogP contribution in [0.1, 0.15) is 77.0 Å². The Balaban J connectivity index is 1.33. The van der Waals surface area contributed by atoms with Crippen molar-refractivity contribution in [2.45, 2.75) is 83.7 Å². The van der Waals surface area contributed by atoms with Crippen LogP contribution in [-0.2, 0) is 21.4 Å². The van der Waals surface area contributed by atoms with Crippen LogP contribution in [0.3, 0.4) is 0 Å². The molecule has 0 spiro atoms. The molecule has 0 unspecified atom stereocenters. The van der Waals surface area contributed by atoms with E-state index in [4.69, 9.17) is 4.74 Å². The Kier molecular flexibility index (Phi) is 5.25. The van der Waals surface area contributed by atoms with E-state index in [1.54, 1.807) is 12.1 Å². The van der Waals surface area contributed by atoms with Gasteiger partial charge in [0.05, 0.1) is 5.69 Å². The van der Waals surface area contributed by atoms with Gasteiger partial charge < -0.3 is 9.72 Å². The van der Waals surface area contributed by atoms with Crippen molar-refractivity contribution < 1.29 is 13.9 Å². The molecule has 1 heterocycles. The van der Waals surface area contributed by atoms with Gasteiger partial charge in [-0.2, -0.15) is 4.98 Å². The van der Waals surface area contributed by atoms with E-state index in [-0.39, 0.29) is 34.4 Å². The smallest absolute Gasteiger partial charge is 0.345 e. The number of benzene rings is 1. The minimum atomic E-state index is -0.313. The predicted octanol–water partition coefficient (Wildman–Crippen LogP) is 5.56. The van der Waals surface area contributed by atoms with E-state index in [1.807, 2.05) is 0 Å². The second-order valence-electron chi connectivity index (χ2n) is 12.1. The van der Waals surface area contributed by atoms with Crippen molar-refractivity contribution >= 4 is 5.97 Å². The van der Waals surface area contributed by atoms with Crippen LogP contribution in [0.25, 0.3) is 11.3 Å². The number of aromatic nitrogens is 2. The number of fused-ring (bicyclic) bond motifs is 7. The molecule has 4 aliphatic carbocycles. The number of aromatic amines is 1. The Labute approximate surface area is 205 Å². The van der Waals surface area contributed by atoms with E-state index in [2.05, 4.69) is 23.8 Å². The van der Waals surface area contributed by atoms with Crippen molar-refractivity contribution in [1.82, 2.24) is 9.97 Å². The van der Waals surface area contributed by atoms with Crippen LogP contribution >= 0.6 is 0 Å². The van der Waals surface area contributed by atoms with Gasteiger partial charge in [0, 0.05) is 23.6 Å². The fourth-order valence-electron chi connectivity index (χ4n) is 8.82. The van der Waals surface area contributed by atoms with Gasteiger partial charge in [0.2, 0.25) is 0 Å². The predicted molar refractivity (Wildman–Crippen MR) is 131 cm³/mol. The molecule has 0 amide bonds. The van der Waals surface area contributed by atoms with Gasteiger partial charge in [-0.25, -0.2) is 9.18 Å². The highest BCUT2D eigenvalue weighted by molar-refractivity contribution is 5.66. The van der Waals surface area contributed by atoms with Crippen molar-refractivity contribution in [3.63, 3.8) is 0 Å². The number of hydrogen-bond acceptors (Lipinski definition) is 4. The van der Waals surface area contributed by atoms with E-state index in [0.717, 1.165) is 54.6 Å². The molecular formula is C29H35FN2O3. The monoisotopic (exact) mass is 478 g/mol. The molecule has 7 atom stereocenters. The van der Waals surface area contributed by atoms with Crippen LogP contribution < -0.4 is 5.69 Å². The third kappa shape index (κ3) is 3.50. The van der Waals surface area contributed by atoms with Crippen LogP contribution in [0.4, 0.5) is 4.39 Å². The number of carbonyl (C=O) groups is 1. The van der Waals surface area contributed by atoms with E-state index in [9.17, 15) is 14.0 Å². The van der Waals surface area contributed by atoms with Gasteiger partial charge in [-0.15, -0.1) is 0 Å². The first-order valence-electron chi connectivity index (χ1n) is 13.3. The zero-order chi connectivity index (χ0) is 24.5. The lowest BCUT2D eigenvalue weighted by molar-refractivity contribution is -0.157. The highest BCUT2D eigenvalue weighted by Gasteiger charge is 2.60. The summed E-state index contributed by atoms with van der Waals surface area (Å²) in [4.78, 5) is 31.7. The summed E-state index contributed by atoms with van der Waals surface area (Å²) in [7, 11) is 0. The molecule has 3 saturated carbocycles. The third-order valence-corrected chi connectivity index (χ3v) is 10.5. The first-order valence-corrected chi connectivity index (χ1v) is 13.3. The molecule has 0 aliphatic heterocycles. The zero-order valence-electron chi connectivity index (χ0n) is 20.9. The Morgan fingerprint density at radius 1 is 1.09 bits per heavy atom. The molecule has 6 heteroatoms. The van der Waals surface area contributed by atoms with Crippen molar-refractivity contribution in [1.29, 1.82) is 0 Å². The third-order valence-electron chi connectivity index (χ3n) is 10.5. The van der Waals surface area contributed by atoms with Crippen LogP contribution in [0.5, 0.6) is 0 Å². The number of halogens is 1. The van der Waals surface area contributed by atoms with Crippen molar-refractivity contribution in [3.8, 4) is 11.3 Å². The zero-order valence-corrected chi connectivity index (χ0v) is 20.9. The number of carbonyl (C=O) groups excluding carboxylic acids is 1. The normalized spacial score (nSPS) is 37.5. The number of nitrogens with zero attached hydrogens (tertiary/aromatic N) is 1. The van der Waals surface area contributed by atoms with Crippen LogP contribution in [-0.4, -0.2) is 22.0 Å². The summed E-state index contributed by atoms with van der Waals surface area (Å²) in [5.74, 6) is 1.89. The molecule has 3 fully saturated rings. The summed E-state index contributed by atoms with van der Waals surface area (Å²) in [6, 6.07) is 6.36. The van der Waals surface area contributed by atoms with Crippen molar-refractivity contribution in [2.24, 2.45) is 29.1 Å². The Morgan fingerprint density at radius 2 is 1.86 bits per heavy atom. The Morgan fingerprint density at radius 3 is 2.60 bits per heavy atom. The maximum Gasteiger partial charge on any atom is 0.345 e. The Bertz CT molecular complexity index is 1220.